The van der Waals surface area contributed by atoms with E-state index in [1.807, 2.05) is 0 Å². The molecule has 2 atom stereocenters. The van der Waals surface area contributed by atoms with E-state index in [1.165, 1.54) is 0 Å². The molecule has 0 aliphatic heterocycles. The van der Waals surface area contributed by atoms with Crippen LogP contribution in [0.25, 0.3) is 0 Å². The van der Waals surface area contributed by atoms with Crippen molar-refractivity contribution in [1.29, 1.82) is 0 Å². The van der Waals surface area contributed by atoms with E-state index in [0.717, 1.165) is 0 Å². The maximum Gasteiger partial charge on any atom is 0.337 e. The first-order valence-corrected chi connectivity index (χ1v) is 3.38. The topological polar surface area (TPSA) is 77.8 Å². The van der Waals surface area contributed by atoms with Crippen molar-refractivity contribution < 1.29 is 33.3 Å². The third-order valence-electron chi connectivity index (χ3n) is 1.66. The van der Waals surface area contributed by atoms with E-state index in [1.54, 1.807) is 0 Å². The van der Waals surface area contributed by atoms with Gasteiger partial charge in [0.1, 0.15) is 5.57 Å². The van der Waals surface area contributed by atoms with E-state index in [-0.39, 0.29) is 35.6 Å². The molecule has 3 N–H and O–H groups in total. The van der Waals surface area contributed by atoms with E-state index in [4.69, 9.17) is 15.3 Å². The van der Waals surface area contributed by atoms with Crippen molar-refractivity contribution in [2.24, 2.45) is 0 Å². The van der Waals surface area contributed by atoms with Gasteiger partial charge in [0.15, 0.2) is 17.8 Å². The molecule has 79 valence electrons. The molecule has 4 nitrogen and oxygen atoms in total. The zero-order chi connectivity index (χ0) is 11.1. The molecule has 1 aliphatic carbocycles. The molecule has 0 saturated carbocycles. The maximum atomic E-state index is 12.8. The van der Waals surface area contributed by atoms with Crippen molar-refractivity contribution in [3.63, 3.8) is 0 Å². The number of rotatable bonds is 1. The SMILES string of the molecule is O=C(O)C1=C(F)C(F)=CC(O)(F)C1O.[Na]. The Bertz CT molecular complexity index is 350. The Morgan fingerprint density at radius 1 is 1.47 bits per heavy atom. The normalized spacial score (nSPS) is 30.7. The number of allylic oxidation sites excluding steroid dienone is 2. The van der Waals surface area contributed by atoms with Gasteiger partial charge in [0.2, 0.25) is 0 Å². The van der Waals surface area contributed by atoms with Crippen LogP contribution in [0.1, 0.15) is 0 Å². The van der Waals surface area contributed by atoms with Crippen LogP contribution >= 0.6 is 0 Å². The largest absolute Gasteiger partial charge is 0.478 e. The van der Waals surface area contributed by atoms with Crippen LogP contribution in [0.3, 0.4) is 0 Å². The number of aliphatic carboxylic acids is 1. The van der Waals surface area contributed by atoms with Crippen LogP contribution in [0.2, 0.25) is 0 Å². The molecule has 1 radical (unpaired) electrons. The summed E-state index contributed by atoms with van der Waals surface area (Å²) in [6, 6.07) is 0. The van der Waals surface area contributed by atoms with Crippen LogP contribution < -0.4 is 0 Å². The number of alkyl halides is 1. The molecule has 15 heavy (non-hydrogen) atoms. The molecular formula is C7H5F3NaO4. The Hall–Kier alpha value is -0.340. The summed E-state index contributed by atoms with van der Waals surface area (Å²) in [5.41, 5.74) is -1.55. The summed E-state index contributed by atoms with van der Waals surface area (Å²) >= 11 is 0. The quantitative estimate of drug-likeness (QED) is 0.548. The molecule has 1 rings (SSSR count). The van der Waals surface area contributed by atoms with Crippen LogP contribution in [0.5, 0.6) is 0 Å². The number of aliphatic hydroxyl groups is 2. The summed E-state index contributed by atoms with van der Waals surface area (Å²) in [7, 11) is 0. The molecule has 0 aromatic heterocycles. The van der Waals surface area contributed by atoms with Crippen molar-refractivity contribution in [1.82, 2.24) is 0 Å². The van der Waals surface area contributed by atoms with Gasteiger partial charge in [0, 0.05) is 35.6 Å². The third kappa shape index (κ3) is 2.61. The zero-order valence-corrected chi connectivity index (χ0v) is 9.54. The monoisotopic (exact) mass is 233 g/mol. The summed E-state index contributed by atoms with van der Waals surface area (Å²) in [5, 5.41) is 25.8. The van der Waals surface area contributed by atoms with E-state index in [2.05, 4.69) is 0 Å². The molecule has 2 unspecified atom stereocenters. The van der Waals surface area contributed by atoms with Crippen molar-refractivity contribution >= 4 is 35.5 Å². The van der Waals surface area contributed by atoms with Crippen LogP contribution in [-0.4, -0.2) is 62.8 Å². The predicted molar refractivity (Wildman–Crippen MR) is 42.8 cm³/mol. The minimum atomic E-state index is -3.62. The number of carboxylic acids is 1. The Morgan fingerprint density at radius 3 is 2.33 bits per heavy atom. The summed E-state index contributed by atoms with van der Waals surface area (Å²) < 4.78 is 38.0. The second kappa shape index (κ2) is 4.67. The number of carboxylic acid groups (broad SMARTS) is 1. The van der Waals surface area contributed by atoms with Crippen molar-refractivity contribution in [2.45, 2.75) is 12.0 Å². The maximum absolute atomic E-state index is 12.8. The Kier molecular flexibility index (Phi) is 4.56. The molecule has 0 heterocycles. The molecule has 8 heteroatoms. The third-order valence-corrected chi connectivity index (χ3v) is 1.66. The fourth-order valence-electron chi connectivity index (χ4n) is 0.982. The molecule has 0 fully saturated rings. The minimum Gasteiger partial charge on any atom is -0.478 e. The molecule has 0 amide bonds. The van der Waals surface area contributed by atoms with Gasteiger partial charge in [0.25, 0.3) is 5.85 Å². The fraction of sp³-hybridized carbons (Fsp3) is 0.286. The van der Waals surface area contributed by atoms with Gasteiger partial charge in [-0.1, -0.05) is 0 Å². The van der Waals surface area contributed by atoms with Crippen LogP contribution in [-0.2, 0) is 4.79 Å². The number of hydrogen-bond acceptors (Lipinski definition) is 3. The smallest absolute Gasteiger partial charge is 0.337 e. The van der Waals surface area contributed by atoms with Crippen LogP contribution in [0.15, 0.2) is 23.3 Å². The van der Waals surface area contributed by atoms with Gasteiger partial charge in [0.05, 0.1) is 0 Å². The van der Waals surface area contributed by atoms with Gasteiger partial charge >= 0.3 is 5.97 Å². The Balaban J connectivity index is 0.00000196. The molecule has 0 aromatic carbocycles. The van der Waals surface area contributed by atoms with Gasteiger partial charge in [-0.05, 0) is 0 Å². The van der Waals surface area contributed by atoms with E-state index in [0.29, 0.717) is 0 Å². The molecule has 0 spiro atoms. The van der Waals surface area contributed by atoms with Crippen molar-refractivity contribution in [3.8, 4) is 0 Å². The predicted octanol–water partition coefficient (Wildman–Crippen LogP) is -0.200. The Labute approximate surface area is 104 Å². The first-order chi connectivity index (χ1) is 6.27. The van der Waals surface area contributed by atoms with Crippen molar-refractivity contribution in [2.75, 3.05) is 0 Å². The van der Waals surface area contributed by atoms with Crippen LogP contribution in [0, 0.1) is 0 Å². The van der Waals surface area contributed by atoms with Gasteiger partial charge < -0.3 is 15.3 Å². The van der Waals surface area contributed by atoms with E-state index >= 15 is 0 Å². The molecule has 0 aromatic rings. The molecule has 0 bridgehead atoms. The van der Waals surface area contributed by atoms with Crippen molar-refractivity contribution in [3.05, 3.63) is 23.3 Å². The Morgan fingerprint density at radius 2 is 1.93 bits per heavy atom. The second-order valence-corrected chi connectivity index (χ2v) is 2.66. The summed E-state index contributed by atoms with van der Waals surface area (Å²) in [6.45, 7) is 0. The number of halogens is 3. The summed E-state index contributed by atoms with van der Waals surface area (Å²) in [5.74, 6) is -9.42. The summed E-state index contributed by atoms with van der Waals surface area (Å²) in [6.07, 6.45) is -2.89. The summed E-state index contributed by atoms with van der Waals surface area (Å²) in [4.78, 5) is 10.3. The fourth-order valence-corrected chi connectivity index (χ4v) is 0.982. The average Bonchev–Trinajstić information content (AvgIpc) is 2.00. The van der Waals surface area contributed by atoms with Gasteiger partial charge in [-0.15, -0.1) is 0 Å². The zero-order valence-electron chi connectivity index (χ0n) is 7.54. The molecule has 0 saturated heterocycles. The van der Waals surface area contributed by atoms with Crippen LogP contribution in [0.4, 0.5) is 13.2 Å². The first kappa shape index (κ1) is 14.7. The number of hydrogen-bond donors (Lipinski definition) is 3. The standard InChI is InChI=1S/C7H5F3O4.Na/c8-2-1-7(10,14)5(11)3(4(2)9)6(12)13;/h1,5,11,14H,(H,12,13);. The first-order valence-electron chi connectivity index (χ1n) is 3.38. The molecular weight excluding hydrogens is 228 g/mol. The minimum absolute atomic E-state index is 0. The average molecular weight is 233 g/mol. The van der Waals surface area contributed by atoms with Gasteiger partial charge in [-0.2, -0.15) is 0 Å². The van der Waals surface area contributed by atoms with E-state index < -0.39 is 35.2 Å². The van der Waals surface area contributed by atoms with E-state index in [9.17, 15) is 18.0 Å². The van der Waals surface area contributed by atoms with Gasteiger partial charge in [-0.25, -0.2) is 18.0 Å². The number of carbonyl (C=O) groups is 1. The molecule has 1 aliphatic rings. The number of aliphatic hydroxyl groups excluding tert-OH is 1. The van der Waals surface area contributed by atoms with Gasteiger partial charge in [-0.3, -0.25) is 0 Å². The second-order valence-electron chi connectivity index (χ2n) is 2.66.